The van der Waals surface area contributed by atoms with Crippen LogP contribution in [0.4, 0.5) is 0 Å². The normalized spacial score (nSPS) is 12.2. The minimum absolute atomic E-state index is 0.239. The van der Waals surface area contributed by atoms with E-state index in [1.807, 2.05) is 24.3 Å². The number of hydrogen-bond donors (Lipinski definition) is 0. The maximum atomic E-state index is 11.9. The largest absolute Gasteiger partial charge is 0.261 e. The lowest BCUT2D eigenvalue weighted by molar-refractivity contribution is 0.610. The Labute approximate surface area is 131 Å². The molecule has 2 aliphatic rings. The predicted octanol–water partition coefficient (Wildman–Crippen LogP) is 5.18. The fourth-order valence-electron chi connectivity index (χ4n) is 2.57. The van der Waals surface area contributed by atoms with E-state index in [0.29, 0.717) is 5.92 Å². The van der Waals surface area contributed by atoms with Crippen LogP contribution in [0, 0.1) is 0 Å². The van der Waals surface area contributed by atoms with Gasteiger partial charge in [0.1, 0.15) is 0 Å². The van der Waals surface area contributed by atoms with Gasteiger partial charge in [-0.25, -0.2) is 8.42 Å². The molecule has 0 radical (unpaired) electrons. The zero-order valence-electron chi connectivity index (χ0n) is 12.7. The number of rotatable bonds is 5. The monoisotopic (exact) mass is 324 g/mol. The van der Waals surface area contributed by atoms with Gasteiger partial charge in [-0.1, -0.05) is 45.4 Å². The second kappa shape index (κ2) is 6.37. The Bertz CT molecular complexity index is 705. The van der Waals surface area contributed by atoms with Crippen LogP contribution in [0.25, 0.3) is 11.1 Å². The summed E-state index contributed by atoms with van der Waals surface area (Å²) in [6.45, 7) is 6.31. The van der Waals surface area contributed by atoms with Gasteiger partial charge in [0.15, 0.2) is 0 Å². The van der Waals surface area contributed by atoms with Gasteiger partial charge in [0.05, 0.1) is 4.90 Å². The highest BCUT2D eigenvalue weighted by atomic mass is 35.7. The molecule has 2 aliphatic carbocycles. The van der Waals surface area contributed by atoms with Crippen LogP contribution in [0.15, 0.2) is 35.2 Å². The van der Waals surface area contributed by atoms with Crippen LogP contribution in [0.1, 0.15) is 50.7 Å². The SMILES string of the molecule is CCCCc1cc(S(=O)(=O)Cl)c2cc(C(C)C)cccc1-2. The van der Waals surface area contributed by atoms with Gasteiger partial charge in [0.2, 0.25) is 0 Å². The third-order valence-corrected chi connectivity index (χ3v) is 5.16. The van der Waals surface area contributed by atoms with Gasteiger partial charge in [-0.15, -0.1) is 0 Å². The number of unbranched alkanes of at least 4 members (excludes halogenated alkanes) is 1. The quantitative estimate of drug-likeness (QED) is 0.710. The first kappa shape index (κ1) is 16.3. The standard InChI is InChI=1S/C17H21ClO2S/c1-4-5-7-14-11-17(21(18,19)20)16-10-13(12(2)3)8-6-9-15(14)16/h6,8-12H,4-5,7H2,1-3H3. The lowest BCUT2D eigenvalue weighted by atomic mass is 10.0. The molecule has 4 heteroatoms. The van der Waals surface area contributed by atoms with Crippen molar-refractivity contribution in [1.29, 1.82) is 0 Å². The molecule has 0 unspecified atom stereocenters. The molecule has 0 saturated carbocycles. The Morgan fingerprint density at radius 2 is 1.86 bits per heavy atom. The van der Waals surface area contributed by atoms with E-state index in [9.17, 15) is 8.42 Å². The molecular weight excluding hydrogens is 304 g/mol. The van der Waals surface area contributed by atoms with Gasteiger partial charge in [-0.3, -0.25) is 0 Å². The summed E-state index contributed by atoms with van der Waals surface area (Å²) in [5.74, 6) is 0.334. The highest BCUT2D eigenvalue weighted by Gasteiger charge is 2.23. The molecule has 0 amide bonds. The lowest BCUT2D eigenvalue weighted by Crippen LogP contribution is -1.90. The Morgan fingerprint density at radius 3 is 2.43 bits per heavy atom. The highest BCUT2D eigenvalue weighted by Crippen LogP contribution is 2.38. The third-order valence-electron chi connectivity index (χ3n) is 3.80. The molecule has 21 heavy (non-hydrogen) atoms. The lowest BCUT2D eigenvalue weighted by Gasteiger charge is -2.04. The number of aryl methyl sites for hydroxylation is 1. The van der Waals surface area contributed by atoms with Crippen LogP contribution >= 0.6 is 10.7 Å². The fourth-order valence-corrected chi connectivity index (χ4v) is 3.67. The molecule has 114 valence electrons. The maximum absolute atomic E-state index is 11.9. The Kier molecular flexibility index (Phi) is 4.95. The molecule has 0 spiro atoms. The van der Waals surface area contributed by atoms with Crippen molar-refractivity contribution in [2.45, 2.75) is 50.8 Å². The topological polar surface area (TPSA) is 34.1 Å². The minimum atomic E-state index is -3.73. The van der Waals surface area contributed by atoms with E-state index in [2.05, 4.69) is 20.8 Å². The van der Waals surface area contributed by atoms with Crippen LogP contribution in [0.3, 0.4) is 0 Å². The molecule has 0 saturated heterocycles. The van der Waals surface area contributed by atoms with Gasteiger partial charge >= 0.3 is 0 Å². The molecule has 0 aromatic rings. The van der Waals surface area contributed by atoms with Gasteiger partial charge in [-0.2, -0.15) is 0 Å². The van der Waals surface area contributed by atoms with Crippen molar-refractivity contribution in [2.24, 2.45) is 0 Å². The summed E-state index contributed by atoms with van der Waals surface area (Å²) in [5, 5.41) is 0. The van der Waals surface area contributed by atoms with Crippen molar-refractivity contribution < 1.29 is 8.42 Å². The predicted molar refractivity (Wildman–Crippen MR) is 88.8 cm³/mol. The van der Waals surface area contributed by atoms with E-state index in [1.165, 1.54) is 0 Å². The van der Waals surface area contributed by atoms with Crippen LogP contribution in [-0.4, -0.2) is 8.42 Å². The van der Waals surface area contributed by atoms with Gasteiger partial charge in [-0.05, 0) is 47.6 Å². The fraction of sp³-hybridized carbons (Fsp3) is 0.412. The van der Waals surface area contributed by atoms with Crippen molar-refractivity contribution in [3.05, 3.63) is 41.5 Å². The number of fused-ring (bicyclic) bond motifs is 1. The second-order valence-corrected chi connectivity index (χ2v) is 8.26. The summed E-state index contributed by atoms with van der Waals surface area (Å²) in [6.07, 6.45) is 2.99. The molecule has 0 aromatic heterocycles. The molecule has 2 rings (SSSR count). The molecule has 0 bridgehead atoms. The summed E-state index contributed by atoms with van der Waals surface area (Å²) in [5.41, 5.74) is 3.91. The van der Waals surface area contributed by atoms with E-state index in [1.54, 1.807) is 6.07 Å². The van der Waals surface area contributed by atoms with Gasteiger partial charge < -0.3 is 0 Å². The van der Waals surface area contributed by atoms with E-state index in [0.717, 1.165) is 41.5 Å². The van der Waals surface area contributed by atoms with Gasteiger partial charge in [0.25, 0.3) is 9.05 Å². The first-order chi connectivity index (χ1) is 9.84. The second-order valence-electron chi connectivity index (χ2n) is 5.73. The smallest absolute Gasteiger partial charge is 0.207 e. The Hall–Kier alpha value is -1.06. The first-order valence-electron chi connectivity index (χ1n) is 7.34. The van der Waals surface area contributed by atoms with Crippen LogP contribution in [0.2, 0.25) is 0 Å². The Morgan fingerprint density at radius 1 is 1.14 bits per heavy atom. The molecular formula is C17H21ClO2S. The summed E-state index contributed by atoms with van der Waals surface area (Å²) in [7, 11) is 1.90. The number of hydrogen-bond acceptors (Lipinski definition) is 2. The zero-order valence-corrected chi connectivity index (χ0v) is 14.3. The summed E-state index contributed by atoms with van der Waals surface area (Å²) in [6, 6.07) is 9.74. The minimum Gasteiger partial charge on any atom is -0.207 e. The molecule has 0 heterocycles. The molecule has 0 aliphatic heterocycles. The van der Waals surface area contributed by atoms with Crippen molar-refractivity contribution in [2.75, 3.05) is 0 Å². The van der Waals surface area contributed by atoms with E-state index < -0.39 is 9.05 Å². The van der Waals surface area contributed by atoms with Crippen molar-refractivity contribution in [3.63, 3.8) is 0 Å². The van der Waals surface area contributed by atoms with Crippen LogP contribution in [0.5, 0.6) is 0 Å². The summed E-state index contributed by atoms with van der Waals surface area (Å²) >= 11 is 0. The summed E-state index contributed by atoms with van der Waals surface area (Å²) in [4.78, 5) is 0.239. The van der Waals surface area contributed by atoms with Gasteiger partial charge in [0, 0.05) is 16.2 Å². The molecule has 0 N–H and O–H groups in total. The average molecular weight is 325 g/mol. The Balaban J connectivity index is 2.68. The number of halogens is 1. The highest BCUT2D eigenvalue weighted by molar-refractivity contribution is 8.13. The van der Waals surface area contributed by atoms with Crippen molar-refractivity contribution >= 4 is 19.7 Å². The third kappa shape index (κ3) is 3.58. The van der Waals surface area contributed by atoms with Crippen molar-refractivity contribution in [3.8, 4) is 11.1 Å². The van der Waals surface area contributed by atoms with E-state index >= 15 is 0 Å². The van der Waals surface area contributed by atoms with E-state index in [4.69, 9.17) is 10.7 Å². The molecule has 2 nitrogen and oxygen atoms in total. The average Bonchev–Trinajstić information content (AvgIpc) is 2.59. The maximum Gasteiger partial charge on any atom is 0.261 e. The summed E-state index contributed by atoms with van der Waals surface area (Å²) < 4.78 is 23.8. The van der Waals surface area contributed by atoms with Crippen LogP contribution < -0.4 is 0 Å². The zero-order chi connectivity index (χ0) is 15.6. The van der Waals surface area contributed by atoms with Crippen LogP contribution in [-0.2, 0) is 15.5 Å². The molecule has 0 fully saturated rings. The molecule has 0 aromatic carbocycles. The first-order valence-corrected chi connectivity index (χ1v) is 9.65. The van der Waals surface area contributed by atoms with Crippen molar-refractivity contribution in [1.82, 2.24) is 0 Å². The van der Waals surface area contributed by atoms with E-state index in [-0.39, 0.29) is 4.90 Å². The molecule has 0 atom stereocenters.